The number of rotatable bonds is 3. The van der Waals surface area contributed by atoms with Crippen molar-refractivity contribution in [3.05, 3.63) is 21.8 Å². The third kappa shape index (κ3) is 3.90. The molecule has 0 amide bonds. The Labute approximate surface area is 86.8 Å². The van der Waals surface area contributed by atoms with E-state index in [0.29, 0.717) is 15.1 Å². The molecule has 0 aromatic rings. The van der Waals surface area contributed by atoms with Gasteiger partial charge in [-0.1, -0.05) is 26.5 Å². The van der Waals surface area contributed by atoms with Crippen molar-refractivity contribution in [2.24, 2.45) is 5.92 Å². The molecule has 68 valence electrons. The van der Waals surface area contributed by atoms with E-state index < -0.39 is 0 Å². The van der Waals surface area contributed by atoms with E-state index in [0.717, 1.165) is 0 Å². The Balaban J connectivity index is 4.67. The highest BCUT2D eigenvalue weighted by molar-refractivity contribution is 14.1. The molecule has 3 heteroatoms. The van der Waals surface area contributed by atoms with Crippen LogP contribution in [0.4, 0.5) is 0 Å². The zero-order chi connectivity index (χ0) is 9.72. The van der Waals surface area contributed by atoms with Gasteiger partial charge in [-0.05, 0) is 28.5 Å². The fraction of sp³-hybridized carbons (Fsp3) is 0.444. The molecule has 0 unspecified atom stereocenters. The van der Waals surface area contributed by atoms with Crippen LogP contribution >= 0.6 is 22.6 Å². The van der Waals surface area contributed by atoms with E-state index in [2.05, 4.69) is 11.3 Å². The molecule has 12 heavy (non-hydrogen) atoms. The van der Waals surface area contributed by atoms with Gasteiger partial charge in [0.25, 0.3) is 0 Å². The van der Waals surface area contributed by atoms with E-state index in [-0.39, 0.29) is 5.97 Å². The second-order valence-corrected chi connectivity index (χ2v) is 4.02. The second kappa shape index (κ2) is 5.35. The fourth-order valence-corrected chi connectivity index (χ4v) is 1.11. The van der Waals surface area contributed by atoms with E-state index in [4.69, 9.17) is 0 Å². The highest BCUT2D eigenvalue weighted by atomic mass is 127. The van der Waals surface area contributed by atoms with Gasteiger partial charge in [-0.3, -0.25) is 0 Å². The van der Waals surface area contributed by atoms with Crippen LogP contribution in [0.1, 0.15) is 13.8 Å². The summed E-state index contributed by atoms with van der Waals surface area (Å²) in [4.78, 5) is 11.1. The first kappa shape index (κ1) is 11.7. The van der Waals surface area contributed by atoms with Gasteiger partial charge in [-0.25, -0.2) is 4.79 Å². The summed E-state index contributed by atoms with van der Waals surface area (Å²) >= 11 is 2.01. The number of ether oxygens (including phenoxy) is 1. The molecule has 0 radical (unpaired) electrons. The van der Waals surface area contributed by atoms with Crippen LogP contribution in [0.15, 0.2) is 21.8 Å². The highest BCUT2D eigenvalue weighted by Crippen LogP contribution is 2.18. The predicted octanol–water partition coefficient (Wildman–Crippen LogP) is 2.69. The van der Waals surface area contributed by atoms with Gasteiger partial charge < -0.3 is 4.74 Å². The van der Waals surface area contributed by atoms with Crippen LogP contribution in [0.25, 0.3) is 0 Å². The maximum atomic E-state index is 11.1. The van der Waals surface area contributed by atoms with Gasteiger partial charge in [-0.2, -0.15) is 0 Å². The van der Waals surface area contributed by atoms with E-state index in [9.17, 15) is 4.79 Å². The molecule has 0 aromatic carbocycles. The topological polar surface area (TPSA) is 26.3 Å². The van der Waals surface area contributed by atoms with Gasteiger partial charge in [0.15, 0.2) is 0 Å². The number of allylic oxidation sites excluding steroid dienone is 1. The molecular weight excluding hydrogens is 267 g/mol. The molecule has 0 bridgehead atoms. The van der Waals surface area contributed by atoms with Crippen LogP contribution in [-0.2, 0) is 9.53 Å². The quantitative estimate of drug-likeness (QED) is 0.344. The molecule has 0 aliphatic carbocycles. The smallest absolute Gasteiger partial charge is 0.338 e. The van der Waals surface area contributed by atoms with E-state index in [1.54, 1.807) is 0 Å². The summed E-state index contributed by atoms with van der Waals surface area (Å²) in [7, 11) is 1.37. The Hall–Kier alpha value is -0.320. The van der Waals surface area contributed by atoms with E-state index in [1.165, 1.54) is 7.11 Å². The Morgan fingerprint density at radius 2 is 2.08 bits per heavy atom. The number of esters is 1. The number of methoxy groups -OCH3 is 1. The number of carbonyl (C=O) groups is 1. The Morgan fingerprint density at radius 1 is 1.58 bits per heavy atom. The van der Waals surface area contributed by atoms with Crippen molar-refractivity contribution in [3.8, 4) is 0 Å². The molecule has 0 fully saturated rings. The van der Waals surface area contributed by atoms with Crippen molar-refractivity contribution < 1.29 is 9.53 Å². The summed E-state index contributed by atoms with van der Waals surface area (Å²) in [5.74, 6) is 0.00807. The van der Waals surface area contributed by atoms with Gasteiger partial charge in [0, 0.05) is 3.58 Å². The molecule has 0 aliphatic rings. The lowest BCUT2D eigenvalue weighted by Gasteiger charge is -2.04. The third-order valence-corrected chi connectivity index (χ3v) is 1.78. The van der Waals surface area contributed by atoms with Crippen molar-refractivity contribution in [1.82, 2.24) is 0 Å². The van der Waals surface area contributed by atoms with Crippen LogP contribution < -0.4 is 0 Å². The first-order valence-electron chi connectivity index (χ1n) is 3.64. The zero-order valence-corrected chi connectivity index (χ0v) is 9.71. The van der Waals surface area contributed by atoms with Gasteiger partial charge in [-0.15, -0.1) is 0 Å². The molecule has 0 N–H and O–H groups in total. The standard InChI is InChI=1S/C9H13IO2/c1-6(2)5-8(7(3)10)9(11)12-4/h5-6H,3H2,1-2,4H3/b8-5+. The number of halogens is 1. The van der Waals surface area contributed by atoms with Crippen molar-refractivity contribution in [1.29, 1.82) is 0 Å². The minimum Gasteiger partial charge on any atom is -0.465 e. The third-order valence-electron chi connectivity index (χ3n) is 1.20. The molecule has 0 aliphatic heterocycles. The molecule has 0 spiro atoms. The Morgan fingerprint density at radius 3 is 2.33 bits per heavy atom. The molecule has 0 aromatic heterocycles. The average Bonchev–Trinajstić information content (AvgIpc) is 1.98. The van der Waals surface area contributed by atoms with Crippen LogP contribution in [0, 0.1) is 5.92 Å². The van der Waals surface area contributed by atoms with Gasteiger partial charge in [0.05, 0.1) is 12.7 Å². The molecule has 2 nitrogen and oxygen atoms in total. The molecule has 0 saturated heterocycles. The highest BCUT2D eigenvalue weighted by Gasteiger charge is 2.11. The van der Waals surface area contributed by atoms with Crippen molar-refractivity contribution >= 4 is 28.6 Å². The van der Waals surface area contributed by atoms with Crippen molar-refractivity contribution in [2.75, 3.05) is 7.11 Å². The summed E-state index contributed by atoms with van der Waals surface area (Å²) in [6.45, 7) is 7.70. The number of carbonyl (C=O) groups excluding carboxylic acids is 1. The van der Waals surface area contributed by atoms with Crippen molar-refractivity contribution in [2.45, 2.75) is 13.8 Å². The second-order valence-electron chi connectivity index (χ2n) is 2.72. The maximum Gasteiger partial charge on any atom is 0.338 e. The summed E-state index contributed by atoms with van der Waals surface area (Å²) in [6.07, 6.45) is 1.85. The Kier molecular flexibility index (Phi) is 5.20. The Bertz CT molecular complexity index is 217. The largest absolute Gasteiger partial charge is 0.465 e. The predicted molar refractivity (Wildman–Crippen MR) is 58.1 cm³/mol. The normalized spacial score (nSPS) is 11.6. The minimum atomic E-state index is -0.317. The number of hydrogen-bond donors (Lipinski definition) is 0. The van der Waals surface area contributed by atoms with Crippen LogP contribution in [0.5, 0.6) is 0 Å². The molecule has 0 heterocycles. The summed E-state index contributed by atoms with van der Waals surface area (Å²) in [6, 6.07) is 0. The van der Waals surface area contributed by atoms with Gasteiger partial charge in [0.1, 0.15) is 0 Å². The fourth-order valence-electron chi connectivity index (χ4n) is 0.712. The number of hydrogen-bond acceptors (Lipinski definition) is 2. The average molecular weight is 280 g/mol. The summed E-state index contributed by atoms with van der Waals surface area (Å²) in [5.41, 5.74) is 0.563. The van der Waals surface area contributed by atoms with Crippen LogP contribution in [0.2, 0.25) is 0 Å². The monoisotopic (exact) mass is 280 g/mol. The lowest BCUT2D eigenvalue weighted by Crippen LogP contribution is -2.05. The zero-order valence-electron chi connectivity index (χ0n) is 7.56. The van der Waals surface area contributed by atoms with Crippen LogP contribution in [-0.4, -0.2) is 13.1 Å². The first-order chi connectivity index (χ1) is 5.49. The molecular formula is C9H13IO2. The summed E-state index contributed by atoms with van der Waals surface area (Å²) in [5, 5.41) is 0. The maximum absolute atomic E-state index is 11.1. The van der Waals surface area contributed by atoms with E-state index in [1.807, 2.05) is 42.5 Å². The van der Waals surface area contributed by atoms with E-state index >= 15 is 0 Å². The summed E-state index contributed by atoms with van der Waals surface area (Å²) < 4.78 is 5.32. The SMILES string of the molecule is C=C(I)/C(=C\C(C)C)C(=O)OC. The lowest BCUT2D eigenvalue weighted by molar-refractivity contribution is -0.135. The molecule has 0 rings (SSSR count). The van der Waals surface area contributed by atoms with Crippen molar-refractivity contribution in [3.63, 3.8) is 0 Å². The van der Waals surface area contributed by atoms with Gasteiger partial charge >= 0.3 is 5.97 Å². The van der Waals surface area contributed by atoms with Crippen LogP contribution in [0.3, 0.4) is 0 Å². The lowest BCUT2D eigenvalue weighted by atomic mass is 10.1. The molecule has 0 saturated carbocycles. The molecule has 0 atom stereocenters. The first-order valence-corrected chi connectivity index (χ1v) is 4.71. The van der Waals surface area contributed by atoms with Gasteiger partial charge in [0.2, 0.25) is 0 Å². The minimum absolute atomic E-state index is 0.317.